The van der Waals surface area contributed by atoms with Crippen molar-refractivity contribution in [3.8, 4) is 0 Å². The average molecular weight is 250 g/mol. The molecular formula is C12H14N2O4. The minimum Gasteiger partial charge on any atom is -0.481 e. The molecule has 1 fully saturated rings. The first kappa shape index (κ1) is 12.3. The van der Waals surface area contributed by atoms with Gasteiger partial charge in [-0.3, -0.25) is 14.9 Å². The molecule has 6 heteroatoms. The third kappa shape index (κ3) is 2.27. The molecule has 0 spiro atoms. The van der Waals surface area contributed by atoms with Gasteiger partial charge in [-0.1, -0.05) is 12.5 Å². The SMILES string of the molecule is O=C(O)C1(CNc2cccc([N+](=O)[O-])c2)CCC1. The first-order valence-electron chi connectivity index (χ1n) is 5.75. The van der Waals surface area contributed by atoms with Gasteiger partial charge in [-0.15, -0.1) is 0 Å². The van der Waals surface area contributed by atoms with Gasteiger partial charge in [0.1, 0.15) is 0 Å². The first-order valence-corrected chi connectivity index (χ1v) is 5.75. The molecule has 0 atom stereocenters. The van der Waals surface area contributed by atoms with Crippen LogP contribution in [0.2, 0.25) is 0 Å². The van der Waals surface area contributed by atoms with Gasteiger partial charge in [-0.2, -0.15) is 0 Å². The summed E-state index contributed by atoms with van der Waals surface area (Å²) < 4.78 is 0. The second kappa shape index (κ2) is 4.64. The topological polar surface area (TPSA) is 92.5 Å². The van der Waals surface area contributed by atoms with Crippen LogP contribution in [-0.2, 0) is 4.79 Å². The molecule has 0 aliphatic heterocycles. The van der Waals surface area contributed by atoms with Crippen molar-refractivity contribution in [1.82, 2.24) is 0 Å². The Kier molecular flexibility index (Phi) is 3.18. The minimum absolute atomic E-state index is 0.00187. The van der Waals surface area contributed by atoms with Crippen molar-refractivity contribution in [1.29, 1.82) is 0 Å². The Labute approximate surface area is 104 Å². The van der Waals surface area contributed by atoms with Crippen LogP contribution in [0.4, 0.5) is 11.4 Å². The maximum absolute atomic E-state index is 11.2. The van der Waals surface area contributed by atoms with E-state index in [4.69, 9.17) is 5.11 Å². The Morgan fingerprint density at radius 2 is 2.22 bits per heavy atom. The number of nitro groups is 1. The molecule has 0 heterocycles. The van der Waals surface area contributed by atoms with E-state index in [0.29, 0.717) is 25.1 Å². The van der Waals surface area contributed by atoms with Crippen LogP contribution >= 0.6 is 0 Å². The van der Waals surface area contributed by atoms with Crippen LogP contribution in [0.3, 0.4) is 0 Å². The number of rotatable bonds is 5. The highest BCUT2D eigenvalue weighted by molar-refractivity contribution is 5.76. The molecule has 1 aliphatic carbocycles. The van der Waals surface area contributed by atoms with Crippen LogP contribution in [-0.4, -0.2) is 22.5 Å². The van der Waals surface area contributed by atoms with Gasteiger partial charge in [0.05, 0.1) is 10.3 Å². The van der Waals surface area contributed by atoms with Gasteiger partial charge in [0.25, 0.3) is 5.69 Å². The number of carboxylic acid groups (broad SMARTS) is 1. The number of hydrogen-bond acceptors (Lipinski definition) is 4. The number of anilines is 1. The van der Waals surface area contributed by atoms with Crippen LogP contribution in [0.15, 0.2) is 24.3 Å². The molecule has 1 aliphatic rings. The summed E-state index contributed by atoms with van der Waals surface area (Å²) in [6, 6.07) is 6.09. The monoisotopic (exact) mass is 250 g/mol. The summed E-state index contributed by atoms with van der Waals surface area (Å²) in [5.41, 5.74) is -0.125. The lowest BCUT2D eigenvalue weighted by Crippen LogP contribution is -2.43. The molecule has 0 radical (unpaired) electrons. The lowest BCUT2D eigenvalue weighted by atomic mass is 9.69. The maximum atomic E-state index is 11.2. The highest BCUT2D eigenvalue weighted by atomic mass is 16.6. The summed E-state index contributed by atoms with van der Waals surface area (Å²) in [5, 5.41) is 22.7. The fourth-order valence-electron chi connectivity index (χ4n) is 2.07. The molecule has 2 N–H and O–H groups in total. The van der Waals surface area contributed by atoms with Crippen molar-refractivity contribution in [2.75, 3.05) is 11.9 Å². The molecule has 0 unspecified atom stereocenters. The number of hydrogen-bond donors (Lipinski definition) is 2. The molecule has 0 saturated heterocycles. The van der Waals surface area contributed by atoms with Gasteiger partial charge in [0.2, 0.25) is 0 Å². The van der Waals surface area contributed by atoms with Crippen molar-refractivity contribution < 1.29 is 14.8 Å². The van der Waals surface area contributed by atoms with Crippen molar-refractivity contribution in [3.63, 3.8) is 0 Å². The van der Waals surface area contributed by atoms with E-state index >= 15 is 0 Å². The summed E-state index contributed by atoms with van der Waals surface area (Å²) >= 11 is 0. The van der Waals surface area contributed by atoms with Gasteiger partial charge in [0.15, 0.2) is 0 Å². The second-order valence-electron chi connectivity index (χ2n) is 4.60. The Bertz CT molecular complexity index is 483. The zero-order chi connectivity index (χ0) is 13.2. The van der Waals surface area contributed by atoms with Crippen molar-refractivity contribution >= 4 is 17.3 Å². The number of benzene rings is 1. The molecule has 96 valence electrons. The van der Waals surface area contributed by atoms with E-state index < -0.39 is 16.3 Å². The van der Waals surface area contributed by atoms with Crippen LogP contribution in [0.1, 0.15) is 19.3 Å². The quantitative estimate of drug-likeness (QED) is 0.617. The van der Waals surface area contributed by atoms with Crippen molar-refractivity contribution in [3.05, 3.63) is 34.4 Å². The minimum atomic E-state index is -0.799. The number of aliphatic carboxylic acids is 1. The van der Waals surface area contributed by atoms with Gasteiger partial charge < -0.3 is 10.4 Å². The number of nitrogens with zero attached hydrogens (tertiary/aromatic N) is 1. The highest BCUT2D eigenvalue weighted by Gasteiger charge is 2.44. The molecule has 1 aromatic rings. The zero-order valence-electron chi connectivity index (χ0n) is 9.76. The zero-order valence-corrected chi connectivity index (χ0v) is 9.76. The smallest absolute Gasteiger partial charge is 0.311 e. The van der Waals surface area contributed by atoms with Gasteiger partial charge >= 0.3 is 5.97 Å². The molecular weight excluding hydrogens is 236 g/mol. The van der Waals surface area contributed by atoms with E-state index in [2.05, 4.69) is 5.32 Å². The van der Waals surface area contributed by atoms with Gasteiger partial charge in [-0.05, 0) is 18.9 Å². The fourth-order valence-corrected chi connectivity index (χ4v) is 2.07. The first-order chi connectivity index (χ1) is 8.53. The third-order valence-corrected chi connectivity index (χ3v) is 3.45. The van der Waals surface area contributed by atoms with Crippen LogP contribution in [0, 0.1) is 15.5 Å². The van der Waals surface area contributed by atoms with Crippen molar-refractivity contribution in [2.45, 2.75) is 19.3 Å². The fraction of sp³-hybridized carbons (Fsp3) is 0.417. The molecule has 6 nitrogen and oxygen atoms in total. The largest absolute Gasteiger partial charge is 0.481 e. The molecule has 0 bridgehead atoms. The second-order valence-corrected chi connectivity index (χ2v) is 4.60. The Balaban J connectivity index is 2.04. The van der Waals surface area contributed by atoms with E-state index in [-0.39, 0.29) is 5.69 Å². The molecule has 2 rings (SSSR count). The third-order valence-electron chi connectivity index (χ3n) is 3.45. The van der Waals surface area contributed by atoms with Crippen molar-refractivity contribution in [2.24, 2.45) is 5.41 Å². The molecule has 1 aromatic carbocycles. The summed E-state index contributed by atoms with van der Waals surface area (Å²) in [5.74, 6) is -0.799. The molecule has 0 aromatic heterocycles. The molecule has 18 heavy (non-hydrogen) atoms. The number of non-ortho nitro benzene ring substituents is 1. The Morgan fingerprint density at radius 3 is 2.72 bits per heavy atom. The molecule has 1 saturated carbocycles. The predicted molar refractivity (Wildman–Crippen MR) is 65.5 cm³/mol. The number of nitro benzene ring substituents is 1. The Morgan fingerprint density at radius 1 is 1.50 bits per heavy atom. The average Bonchev–Trinajstić information content (AvgIpc) is 2.27. The number of carbonyl (C=O) groups is 1. The maximum Gasteiger partial charge on any atom is 0.311 e. The number of carboxylic acids is 1. The predicted octanol–water partition coefficient (Wildman–Crippen LogP) is 2.26. The number of nitrogens with one attached hydrogen (secondary N) is 1. The van der Waals surface area contributed by atoms with E-state index in [1.165, 1.54) is 12.1 Å². The standard InChI is InChI=1S/C12H14N2O4/c15-11(16)12(5-2-6-12)8-13-9-3-1-4-10(7-9)14(17)18/h1,3-4,7,13H,2,5-6,8H2,(H,15,16). The summed E-state index contributed by atoms with van der Waals surface area (Å²) in [7, 11) is 0. The van der Waals surface area contributed by atoms with Gasteiger partial charge in [0, 0.05) is 24.4 Å². The van der Waals surface area contributed by atoms with E-state index in [1.54, 1.807) is 12.1 Å². The lowest BCUT2D eigenvalue weighted by Gasteiger charge is -2.37. The van der Waals surface area contributed by atoms with Crippen LogP contribution in [0.5, 0.6) is 0 Å². The highest BCUT2D eigenvalue weighted by Crippen LogP contribution is 2.41. The van der Waals surface area contributed by atoms with E-state index in [9.17, 15) is 14.9 Å². The van der Waals surface area contributed by atoms with Crippen LogP contribution < -0.4 is 5.32 Å². The normalized spacial score (nSPS) is 16.7. The van der Waals surface area contributed by atoms with Gasteiger partial charge in [-0.25, -0.2) is 0 Å². The summed E-state index contributed by atoms with van der Waals surface area (Å²) in [6.07, 6.45) is 2.23. The lowest BCUT2D eigenvalue weighted by molar-refractivity contribution is -0.384. The van der Waals surface area contributed by atoms with Crippen LogP contribution in [0.25, 0.3) is 0 Å². The summed E-state index contributed by atoms with van der Waals surface area (Å²) in [6.45, 7) is 0.309. The summed E-state index contributed by atoms with van der Waals surface area (Å²) in [4.78, 5) is 21.3. The van der Waals surface area contributed by atoms with E-state index in [1.807, 2.05) is 0 Å². The Hall–Kier alpha value is -2.11. The van der Waals surface area contributed by atoms with E-state index in [0.717, 1.165) is 6.42 Å². The molecule has 0 amide bonds.